The van der Waals surface area contributed by atoms with E-state index < -0.39 is 0 Å². The molecule has 1 atom stereocenters. The Morgan fingerprint density at radius 1 is 1.23 bits per heavy atom. The smallest absolute Gasteiger partial charge is 0.220 e. The van der Waals surface area contributed by atoms with E-state index in [9.17, 15) is 4.79 Å². The number of H-pyrrole nitrogens is 1. The van der Waals surface area contributed by atoms with Gasteiger partial charge in [-0.1, -0.05) is 13.8 Å². The van der Waals surface area contributed by atoms with Crippen LogP contribution in [0.1, 0.15) is 37.3 Å². The molecular weight excluding hydrogens is 326 g/mol. The van der Waals surface area contributed by atoms with Crippen LogP contribution in [0.2, 0.25) is 0 Å². The summed E-state index contributed by atoms with van der Waals surface area (Å²) in [5.41, 5.74) is 3.27. The average Bonchev–Trinajstić information content (AvgIpc) is 3.07. The summed E-state index contributed by atoms with van der Waals surface area (Å²) in [6.07, 6.45) is 5.94. The summed E-state index contributed by atoms with van der Waals surface area (Å²) in [4.78, 5) is 19.8. The zero-order valence-corrected chi connectivity index (χ0v) is 15.5. The van der Waals surface area contributed by atoms with Gasteiger partial charge in [0.15, 0.2) is 0 Å². The minimum absolute atomic E-state index is 0.0535. The van der Waals surface area contributed by atoms with Crippen LogP contribution in [0.3, 0.4) is 0 Å². The topological polar surface area (TPSA) is 67.0 Å². The lowest BCUT2D eigenvalue weighted by atomic mass is 9.85. The molecule has 1 amide bonds. The summed E-state index contributed by atoms with van der Waals surface area (Å²) in [7, 11) is 1.67. The summed E-state index contributed by atoms with van der Waals surface area (Å²) >= 11 is 0. The van der Waals surface area contributed by atoms with E-state index in [2.05, 4.69) is 29.1 Å². The Morgan fingerprint density at radius 2 is 2.00 bits per heavy atom. The molecule has 0 aliphatic heterocycles. The average molecular weight is 351 g/mol. The molecule has 0 aliphatic carbocycles. The van der Waals surface area contributed by atoms with Gasteiger partial charge < -0.3 is 15.0 Å². The number of amides is 1. The fraction of sp³-hybridized carbons (Fsp3) is 0.333. The number of hydrogen-bond acceptors (Lipinski definition) is 3. The van der Waals surface area contributed by atoms with Gasteiger partial charge in [-0.2, -0.15) is 0 Å². The second-order valence-corrected chi connectivity index (χ2v) is 6.84. The van der Waals surface area contributed by atoms with E-state index in [1.54, 1.807) is 19.5 Å². The van der Waals surface area contributed by atoms with E-state index in [1.807, 2.05) is 36.5 Å². The molecule has 2 aromatic heterocycles. The van der Waals surface area contributed by atoms with Crippen molar-refractivity contribution in [2.45, 2.75) is 32.7 Å². The van der Waals surface area contributed by atoms with Crippen molar-refractivity contribution in [1.82, 2.24) is 15.3 Å². The van der Waals surface area contributed by atoms with E-state index in [1.165, 1.54) is 0 Å². The largest absolute Gasteiger partial charge is 0.497 e. The molecule has 136 valence electrons. The summed E-state index contributed by atoms with van der Waals surface area (Å²) in [5, 5.41) is 4.13. The number of aromatic amines is 1. The molecule has 1 aromatic carbocycles. The number of aromatic nitrogens is 2. The molecule has 3 aromatic rings. The number of rotatable bonds is 7. The number of pyridine rings is 1. The highest BCUT2D eigenvalue weighted by molar-refractivity contribution is 5.86. The Kier molecular flexibility index (Phi) is 5.56. The van der Waals surface area contributed by atoms with Crippen LogP contribution in [-0.2, 0) is 11.3 Å². The molecule has 0 unspecified atom stereocenters. The van der Waals surface area contributed by atoms with Crippen molar-refractivity contribution in [3.63, 3.8) is 0 Å². The highest BCUT2D eigenvalue weighted by Crippen LogP contribution is 2.34. The fourth-order valence-corrected chi connectivity index (χ4v) is 3.23. The number of ether oxygens (including phenoxy) is 1. The maximum Gasteiger partial charge on any atom is 0.220 e. The first kappa shape index (κ1) is 18.0. The monoisotopic (exact) mass is 351 g/mol. The molecule has 0 saturated heterocycles. The molecule has 2 N–H and O–H groups in total. The van der Waals surface area contributed by atoms with Gasteiger partial charge in [-0.3, -0.25) is 9.78 Å². The van der Waals surface area contributed by atoms with Crippen molar-refractivity contribution in [3.8, 4) is 5.75 Å². The van der Waals surface area contributed by atoms with Gasteiger partial charge in [0.2, 0.25) is 5.91 Å². The Bertz CT molecular complexity index is 871. The van der Waals surface area contributed by atoms with Gasteiger partial charge in [-0.15, -0.1) is 0 Å². The van der Waals surface area contributed by atoms with Crippen molar-refractivity contribution in [1.29, 1.82) is 0 Å². The molecule has 0 radical (unpaired) electrons. The van der Waals surface area contributed by atoms with Crippen LogP contribution in [0.5, 0.6) is 5.75 Å². The van der Waals surface area contributed by atoms with E-state index in [0.717, 1.165) is 27.8 Å². The quantitative estimate of drug-likeness (QED) is 0.676. The third kappa shape index (κ3) is 4.04. The van der Waals surface area contributed by atoms with Crippen LogP contribution >= 0.6 is 0 Å². The van der Waals surface area contributed by atoms with Gasteiger partial charge in [0.05, 0.1) is 7.11 Å². The van der Waals surface area contributed by atoms with Crippen molar-refractivity contribution < 1.29 is 9.53 Å². The normalized spacial score (nSPS) is 12.3. The van der Waals surface area contributed by atoms with Crippen LogP contribution in [0, 0.1) is 5.92 Å². The lowest BCUT2D eigenvalue weighted by Crippen LogP contribution is -2.26. The van der Waals surface area contributed by atoms with Gasteiger partial charge in [0, 0.05) is 42.5 Å². The number of hydrogen-bond donors (Lipinski definition) is 2. The zero-order valence-electron chi connectivity index (χ0n) is 15.5. The first-order chi connectivity index (χ1) is 12.6. The SMILES string of the molecule is COc1ccc2[nH]cc([C@H](CC(=O)NCc3ccncc3)C(C)C)c2c1. The number of nitrogens with one attached hydrogen (secondary N) is 2. The molecule has 0 aliphatic rings. The standard InChI is InChI=1S/C21H25N3O2/c1-14(2)17(11-21(25)24-12-15-6-8-22-9-7-15)19-13-23-20-5-4-16(26-3)10-18(19)20/h4-10,13-14,17,23H,11-12H2,1-3H3,(H,24,25)/t17-/m1/s1. The molecular formula is C21H25N3O2. The lowest BCUT2D eigenvalue weighted by Gasteiger charge is -2.20. The number of fused-ring (bicyclic) bond motifs is 1. The van der Waals surface area contributed by atoms with Crippen molar-refractivity contribution in [2.24, 2.45) is 5.92 Å². The Balaban J connectivity index is 1.76. The minimum atomic E-state index is 0.0535. The third-order valence-corrected chi connectivity index (χ3v) is 4.77. The van der Waals surface area contributed by atoms with Crippen LogP contribution < -0.4 is 10.1 Å². The van der Waals surface area contributed by atoms with Crippen molar-refractivity contribution in [2.75, 3.05) is 7.11 Å². The Hall–Kier alpha value is -2.82. The Morgan fingerprint density at radius 3 is 2.69 bits per heavy atom. The molecule has 0 bridgehead atoms. The van der Waals surface area contributed by atoms with Gasteiger partial charge in [-0.25, -0.2) is 0 Å². The number of methoxy groups -OCH3 is 1. The number of carbonyl (C=O) groups is 1. The molecule has 0 saturated carbocycles. The summed E-state index contributed by atoms with van der Waals surface area (Å²) in [6.45, 7) is 4.83. The van der Waals surface area contributed by atoms with E-state index in [0.29, 0.717) is 18.9 Å². The third-order valence-electron chi connectivity index (χ3n) is 4.77. The first-order valence-electron chi connectivity index (χ1n) is 8.89. The lowest BCUT2D eigenvalue weighted by molar-refractivity contribution is -0.121. The van der Waals surface area contributed by atoms with Crippen LogP contribution in [0.25, 0.3) is 10.9 Å². The molecule has 5 heteroatoms. The fourth-order valence-electron chi connectivity index (χ4n) is 3.23. The molecule has 3 rings (SSSR count). The first-order valence-corrected chi connectivity index (χ1v) is 8.89. The molecule has 0 spiro atoms. The van der Waals surface area contributed by atoms with E-state index in [-0.39, 0.29) is 11.8 Å². The predicted molar refractivity (Wildman–Crippen MR) is 103 cm³/mol. The number of benzene rings is 1. The zero-order chi connectivity index (χ0) is 18.5. The second-order valence-electron chi connectivity index (χ2n) is 6.84. The summed E-state index contributed by atoms with van der Waals surface area (Å²) in [6, 6.07) is 9.80. The van der Waals surface area contributed by atoms with Gasteiger partial charge in [0.25, 0.3) is 0 Å². The van der Waals surface area contributed by atoms with Crippen LogP contribution in [0.4, 0.5) is 0 Å². The van der Waals surface area contributed by atoms with Gasteiger partial charge in [-0.05, 0) is 53.3 Å². The number of carbonyl (C=O) groups excluding carboxylic acids is 1. The highest BCUT2D eigenvalue weighted by atomic mass is 16.5. The van der Waals surface area contributed by atoms with Crippen LogP contribution in [0.15, 0.2) is 48.9 Å². The summed E-state index contributed by atoms with van der Waals surface area (Å²) in [5.74, 6) is 1.35. The predicted octanol–water partition coefficient (Wildman–Crippen LogP) is 4.02. The van der Waals surface area contributed by atoms with Gasteiger partial charge >= 0.3 is 0 Å². The van der Waals surface area contributed by atoms with E-state index in [4.69, 9.17) is 4.74 Å². The molecule has 0 fully saturated rings. The molecule has 2 heterocycles. The number of nitrogens with zero attached hydrogens (tertiary/aromatic N) is 1. The maximum absolute atomic E-state index is 12.5. The molecule has 5 nitrogen and oxygen atoms in total. The highest BCUT2D eigenvalue weighted by Gasteiger charge is 2.22. The minimum Gasteiger partial charge on any atom is -0.497 e. The molecule has 26 heavy (non-hydrogen) atoms. The Labute approximate surface area is 153 Å². The van der Waals surface area contributed by atoms with E-state index >= 15 is 0 Å². The van der Waals surface area contributed by atoms with Gasteiger partial charge in [0.1, 0.15) is 5.75 Å². The second kappa shape index (κ2) is 8.04. The maximum atomic E-state index is 12.5. The van der Waals surface area contributed by atoms with Crippen LogP contribution in [-0.4, -0.2) is 23.0 Å². The summed E-state index contributed by atoms with van der Waals surface area (Å²) < 4.78 is 5.36. The van der Waals surface area contributed by atoms with Crippen molar-refractivity contribution in [3.05, 3.63) is 60.0 Å². The van der Waals surface area contributed by atoms with Crippen molar-refractivity contribution >= 4 is 16.8 Å².